The van der Waals surface area contributed by atoms with Gasteiger partial charge in [-0.25, -0.2) is 0 Å². The van der Waals surface area contributed by atoms with Gasteiger partial charge in [-0.05, 0) is 36.8 Å². The molecule has 6 heteroatoms. The molecule has 0 bridgehead atoms. The van der Waals surface area contributed by atoms with E-state index < -0.39 is 0 Å². The lowest BCUT2D eigenvalue weighted by molar-refractivity contribution is 0.0339. The number of aromatic nitrogens is 2. The molecule has 1 aliphatic heterocycles. The zero-order valence-corrected chi connectivity index (χ0v) is 15.6. The van der Waals surface area contributed by atoms with Crippen LogP contribution < -0.4 is 4.74 Å². The SMILES string of the molecule is COc1ccc(/C=C/C(=O)c2cc(C)nn2C)cc1CN1CCOCC1. The number of morpholine rings is 1. The fourth-order valence-electron chi connectivity index (χ4n) is 3.12. The Kier molecular flexibility index (Phi) is 5.85. The highest BCUT2D eigenvalue weighted by Crippen LogP contribution is 2.23. The van der Waals surface area contributed by atoms with Crippen LogP contribution in [0.2, 0.25) is 0 Å². The predicted octanol–water partition coefficient (Wildman–Crippen LogP) is 2.47. The van der Waals surface area contributed by atoms with Crippen LogP contribution in [0.3, 0.4) is 0 Å². The second-order valence-corrected chi connectivity index (χ2v) is 6.45. The van der Waals surface area contributed by atoms with E-state index in [4.69, 9.17) is 9.47 Å². The number of aryl methyl sites for hydroxylation is 2. The van der Waals surface area contributed by atoms with Crippen molar-refractivity contribution in [3.05, 3.63) is 52.9 Å². The van der Waals surface area contributed by atoms with Crippen molar-refractivity contribution in [2.24, 2.45) is 7.05 Å². The number of carbonyl (C=O) groups excluding carboxylic acids is 1. The van der Waals surface area contributed by atoms with Gasteiger partial charge in [-0.2, -0.15) is 5.10 Å². The summed E-state index contributed by atoms with van der Waals surface area (Å²) in [5.41, 5.74) is 3.50. The molecular formula is C20H25N3O3. The van der Waals surface area contributed by atoms with E-state index in [2.05, 4.69) is 16.1 Å². The highest BCUT2D eigenvalue weighted by Gasteiger charge is 2.14. The minimum absolute atomic E-state index is 0.0568. The van der Waals surface area contributed by atoms with Gasteiger partial charge in [-0.1, -0.05) is 12.1 Å². The van der Waals surface area contributed by atoms with E-state index in [1.165, 1.54) is 0 Å². The van der Waals surface area contributed by atoms with E-state index >= 15 is 0 Å². The molecule has 138 valence electrons. The summed E-state index contributed by atoms with van der Waals surface area (Å²) in [6, 6.07) is 7.78. The number of ketones is 1. The van der Waals surface area contributed by atoms with Gasteiger partial charge in [0.25, 0.3) is 0 Å². The average Bonchev–Trinajstić information content (AvgIpc) is 2.99. The van der Waals surface area contributed by atoms with E-state index in [0.29, 0.717) is 5.69 Å². The first kappa shape index (κ1) is 18.4. The van der Waals surface area contributed by atoms with Crippen molar-refractivity contribution in [2.45, 2.75) is 13.5 Å². The Bertz CT molecular complexity index is 805. The van der Waals surface area contributed by atoms with Crippen LogP contribution in [0.15, 0.2) is 30.3 Å². The normalized spacial score (nSPS) is 15.5. The van der Waals surface area contributed by atoms with E-state index in [9.17, 15) is 4.79 Å². The minimum Gasteiger partial charge on any atom is -0.496 e. The number of hydrogen-bond donors (Lipinski definition) is 0. The Morgan fingerprint density at radius 2 is 2.08 bits per heavy atom. The van der Waals surface area contributed by atoms with Gasteiger partial charge >= 0.3 is 0 Å². The van der Waals surface area contributed by atoms with E-state index in [-0.39, 0.29) is 5.78 Å². The van der Waals surface area contributed by atoms with E-state index in [0.717, 1.165) is 55.4 Å². The maximum Gasteiger partial charge on any atom is 0.203 e. The molecule has 2 heterocycles. The number of ether oxygens (including phenoxy) is 2. The number of hydrogen-bond acceptors (Lipinski definition) is 5. The van der Waals surface area contributed by atoms with E-state index in [1.807, 2.05) is 25.1 Å². The summed E-state index contributed by atoms with van der Waals surface area (Å²) >= 11 is 0. The fraction of sp³-hybridized carbons (Fsp3) is 0.400. The molecule has 3 rings (SSSR count). The second-order valence-electron chi connectivity index (χ2n) is 6.45. The fourth-order valence-corrected chi connectivity index (χ4v) is 3.12. The molecule has 0 amide bonds. The van der Waals surface area contributed by atoms with Crippen molar-refractivity contribution in [3.8, 4) is 5.75 Å². The lowest BCUT2D eigenvalue weighted by Crippen LogP contribution is -2.35. The summed E-state index contributed by atoms with van der Waals surface area (Å²) in [6.45, 7) is 6.05. The van der Waals surface area contributed by atoms with Gasteiger partial charge in [0.1, 0.15) is 11.4 Å². The third-order valence-electron chi connectivity index (χ3n) is 4.48. The number of nitrogens with zero attached hydrogens (tertiary/aromatic N) is 3. The molecule has 26 heavy (non-hydrogen) atoms. The van der Waals surface area contributed by atoms with Gasteiger partial charge in [0.2, 0.25) is 5.78 Å². The van der Waals surface area contributed by atoms with Crippen molar-refractivity contribution in [1.29, 1.82) is 0 Å². The highest BCUT2D eigenvalue weighted by molar-refractivity contribution is 6.05. The van der Waals surface area contributed by atoms with Crippen LogP contribution in [-0.4, -0.2) is 53.9 Å². The number of rotatable bonds is 6. The first-order chi connectivity index (χ1) is 12.6. The lowest BCUT2D eigenvalue weighted by Gasteiger charge is -2.27. The molecule has 0 atom stereocenters. The molecule has 1 fully saturated rings. The molecule has 0 saturated carbocycles. The van der Waals surface area contributed by atoms with Crippen molar-refractivity contribution >= 4 is 11.9 Å². The van der Waals surface area contributed by atoms with Gasteiger partial charge in [0.15, 0.2) is 0 Å². The Morgan fingerprint density at radius 3 is 2.73 bits per heavy atom. The van der Waals surface area contributed by atoms with Crippen molar-refractivity contribution < 1.29 is 14.3 Å². The zero-order chi connectivity index (χ0) is 18.5. The maximum atomic E-state index is 12.4. The van der Waals surface area contributed by atoms with E-state index in [1.54, 1.807) is 31.0 Å². The summed E-state index contributed by atoms with van der Waals surface area (Å²) in [5.74, 6) is 0.806. The van der Waals surface area contributed by atoms with Gasteiger partial charge in [-0.3, -0.25) is 14.4 Å². The highest BCUT2D eigenvalue weighted by atomic mass is 16.5. The minimum atomic E-state index is -0.0568. The Hall–Kier alpha value is -2.44. The van der Waals surface area contributed by atoms with Crippen LogP contribution >= 0.6 is 0 Å². The first-order valence-electron chi connectivity index (χ1n) is 8.77. The molecule has 0 spiro atoms. The molecule has 1 aromatic carbocycles. The molecule has 1 aliphatic rings. The number of allylic oxidation sites excluding steroid dienone is 1. The quantitative estimate of drug-likeness (QED) is 0.588. The van der Waals surface area contributed by atoms with Gasteiger partial charge in [-0.15, -0.1) is 0 Å². The third kappa shape index (κ3) is 4.39. The summed E-state index contributed by atoms with van der Waals surface area (Å²) in [5, 5.41) is 4.22. The molecule has 1 aromatic heterocycles. The largest absolute Gasteiger partial charge is 0.496 e. The summed E-state index contributed by atoms with van der Waals surface area (Å²) in [4.78, 5) is 14.7. The molecule has 0 aliphatic carbocycles. The summed E-state index contributed by atoms with van der Waals surface area (Å²) in [6.07, 6.45) is 3.43. The average molecular weight is 355 g/mol. The molecule has 1 saturated heterocycles. The van der Waals surface area contributed by atoms with Crippen molar-refractivity contribution in [1.82, 2.24) is 14.7 Å². The van der Waals surface area contributed by atoms with Gasteiger partial charge < -0.3 is 9.47 Å². The Balaban J connectivity index is 1.76. The van der Waals surface area contributed by atoms with Crippen LogP contribution in [0.4, 0.5) is 0 Å². The molecule has 2 aromatic rings. The first-order valence-corrected chi connectivity index (χ1v) is 8.77. The van der Waals surface area contributed by atoms with Crippen LogP contribution in [0.25, 0.3) is 6.08 Å². The third-order valence-corrected chi connectivity index (χ3v) is 4.48. The second kappa shape index (κ2) is 8.29. The van der Waals surface area contributed by atoms with Gasteiger partial charge in [0, 0.05) is 32.2 Å². The van der Waals surface area contributed by atoms with Crippen molar-refractivity contribution in [3.63, 3.8) is 0 Å². The monoisotopic (exact) mass is 355 g/mol. The Morgan fingerprint density at radius 1 is 1.31 bits per heavy atom. The van der Waals surface area contributed by atoms with Crippen LogP contribution in [-0.2, 0) is 18.3 Å². The molecule has 0 N–H and O–H groups in total. The maximum absolute atomic E-state index is 12.4. The summed E-state index contributed by atoms with van der Waals surface area (Å²) < 4.78 is 12.5. The summed E-state index contributed by atoms with van der Waals surface area (Å²) in [7, 11) is 3.46. The van der Waals surface area contributed by atoms with Crippen LogP contribution in [0.1, 0.15) is 27.3 Å². The smallest absolute Gasteiger partial charge is 0.203 e. The Labute approximate surface area is 154 Å². The topological polar surface area (TPSA) is 56.6 Å². The standard InChI is InChI=1S/C20H25N3O3/c1-15-12-18(22(2)21-15)19(24)6-4-16-5-7-20(25-3)17(13-16)14-23-8-10-26-11-9-23/h4-7,12-13H,8-11,14H2,1-3H3/b6-4+. The number of carbonyl (C=O) groups is 1. The van der Waals surface area contributed by atoms with Gasteiger partial charge in [0.05, 0.1) is 26.0 Å². The lowest BCUT2D eigenvalue weighted by atomic mass is 10.1. The van der Waals surface area contributed by atoms with Crippen molar-refractivity contribution in [2.75, 3.05) is 33.4 Å². The molecule has 0 radical (unpaired) electrons. The number of benzene rings is 1. The predicted molar refractivity (Wildman–Crippen MR) is 100 cm³/mol. The molecule has 6 nitrogen and oxygen atoms in total. The van der Waals surface area contributed by atoms with Crippen LogP contribution in [0, 0.1) is 6.92 Å². The molecule has 0 unspecified atom stereocenters. The molecular weight excluding hydrogens is 330 g/mol. The number of methoxy groups -OCH3 is 1. The van der Waals surface area contributed by atoms with Crippen LogP contribution in [0.5, 0.6) is 5.75 Å². The zero-order valence-electron chi connectivity index (χ0n) is 15.6.